The van der Waals surface area contributed by atoms with Crippen LogP contribution in [0, 0.1) is 0 Å². The predicted octanol–water partition coefficient (Wildman–Crippen LogP) is 1.22. The van der Waals surface area contributed by atoms with E-state index in [1.165, 1.54) is 0 Å². The molecule has 0 heterocycles. The number of carbonyl (C=O) groups excluding carboxylic acids is 1. The Kier molecular flexibility index (Phi) is 4.74. The first-order chi connectivity index (χ1) is 10.9. The van der Waals surface area contributed by atoms with Crippen LogP contribution in [0.15, 0.2) is 34.1 Å². The summed E-state index contributed by atoms with van der Waals surface area (Å²) in [4.78, 5) is 10.1. The van der Waals surface area contributed by atoms with Crippen molar-refractivity contribution < 1.29 is 35.8 Å². The highest BCUT2D eigenvalue weighted by atomic mass is 35.5. The minimum Gasteiger partial charge on any atom is -0.507 e. The number of rotatable bonds is 4. The number of fused-ring (bicyclic) bond motifs is 1. The van der Waals surface area contributed by atoms with Crippen molar-refractivity contribution in [3.05, 3.63) is 24.3 Å². The summed E-state index contributed by atoms with van der Waals surface area (Å²) in [7, 11) is -9.38. The molecular formula is C12H10ClNO8S2. The van der Waals surface area contributed by atoms with Gasteiger partial charge in [0.15, 0.2) is 0 Å². The molecule has 0 saturated carbocycles. The maximum atomic E-state index is 11.5. The van der Waals surface area contributed by atoms with E-state index in [9.17, 15) is 26.7 Å². The number of amides is 1. The summed E-state index contributed by atoms with van der Waals surface area (Å²) in [6, 6.07) is 3.33. The second-order valence-electron chi connectivity index (χ2n) is 4.64. The van der Waals surface area contributed by atoms with Crippen molar-refractivity contribution in [2.45, 2.75) is 9.79 Å². The summed E-state index contributed by atoms with van der Waals surface area (Å²) in [5, 5.41) is 12.0. The Balaban J connectivity index is 2.90. The van der Waals surface area contributed by atoms with Crippen LogP contribution in [-0.2, 0) is 25.0 Å². The van der Waals surface area contributed by atoms with Crippen LogP contribution >= 0.6 is 11.6 Å². The molecule has 2 rings (SSSR count). The van der Waals surface area contributed by atoms with Gasteiger partial charge < -0.3 is 10.4 Å². The number of phenols is 1. The molecule has 0 bridgehead atoms. The number of aromatic hydroxyl groups is 1. The van der Waals surface area contributed by atoms with Crippen LogP contribution in [0.4, 0.5) is 5.69 Å². The fraction of sp³-hybridized carbons (Fsp3) is 0.0833. The quantitative estimate of drug-likeness (QED) is 0.444. The fourth-order valence-corrected chi connectivity index (χ4v) is 3.16. The highest BCUT2D eigenvalue weighted by Crippen LogP contribution is 2.36. The van der Waals surface area contributed by atoms with Crippen molar-refractivity contribution in [3.63, 3.8) is 0 Å². The molecule has 9 nitrogen and oxygen atoms in total. The third-order valence-corrected chi connectivity index (χ3v) is 4.87. The average molecular weight is 396 g/mol. The number of phenolic OH excluding ortho intramolecular Hbond substituents is 1. The molecule has 24 heavy (non-hydrogen) atoms. The Morgan fingerprint density at radius 2 is 1.50 bits per heavy atom. The lowest BCUT2D eigenvalue weighted by Crippen LogP contribution is -2.13. The Bertz CT molecular complexity index is 1040. The Morgan fingerprint density at radius 1 is 1.00 bits per heavy atom. The van der Waals surface area contributed by atoms with Gasteiger partial charge >= 0.3 is 0 Å². The zero-order valence-electron chi connectivity index (χ0n) is 11.6. The molecule has 0 aliphatic heterocycles. The molecular weight excluding hydrogens is 386 g/mol. The van der Waals surface area contributed by atoms with Gasteiger partial charge in [0, 0.05) is 11.5 Å². The number of nitrogens with one attached hydrogen (secondary N) is 1. The molecule has 2 aromatic rings. The largest absolute Gasteiger partial charge is 0.507 e. The van der Waals surface area contributed by atoms with Crippen LogP contribution in [0.3, 0.4) is 0 Å². The topological polar surface area (TPSA) is 158 Å². The van der Waals surface area contributed by atoms with Gasteiger partial charge in [-0.3, -0.25) is 13.9 Å². The predicted molar refractivity (Wildman–Crippen MR) is 84.6 cm³/mol. The minimum absolute atomic E-state index is 0.103. The van der Waals surface area contributed by atoms with Gasteiger partial charge in [-0.15, -0.1) is 11.6 Å². The van der Waals surface area contributed by atoms with Crippen molar-refractivity contribution in [2.24, 2.45) is 0 Å². The molecule has 2 aromatic carbocycles. The van der Waals surface area contributed by atoms with Crippen molar-refractivity contribution in [1.29, 1.82) is 0 Å². The molecule has 0 aliphatic carbocycles. The van der Waals surface area contributed by atoms with E-state index in [0.29, 0.717) is 0 Å². The zero-order chi connectivity index (χ0) is 18.3. The van der Waals surface area contributed by atoms with Gasteiger partial charge in [0.2, 0.25) is 5.91 Å². The molecule has 130 valence electrons. The molecule has 0 aliphatic rings. The fourth-order valence-electron chi connectivity index (χ4n) is 2.02. The van der Waals surface area contributed by atoms with Crippen LogP contribution in [0.2, 0.25) is 0 Å². The van der Waals surface area contributed by atoms with Crippen LogP contribution in [0.5, 0.6) is 5.75 Å². The first-order valence-corrected chi connectivity index (χ1v) is 9.46. The van der Waals surface area contributed by atoms with Gasteiger partial charge in [-0.25, -0.2) is 0 Å². The monoisotopic (exact) mass is 395 g/mol. The van der Waals surface area contributed by atoms with E-state index in [4.69, 9.17) is 20.7 Å². The lowest BCUT2D eigenvalue weighted by atomic mass is 10.1. The van der Waals surface area contributed by atoms with E-state index in [2.05, 4.69) is 5.32 Å². The van der Waals surface area contributed by atoms with Gasteiger partial charge in [-0.2, -0.15) is 16.8 Å². The molecule has 0 aromatic heterocycles. The van der Waals surface area contributed by atoms with Crippen molar-refractivity contribution in [2.75, 3.05) is 11.2 Å². The number of carbonyl (C=O) groups is 1. The van der Waals surface area contributed by atoms with Crippen LogP contribution < -0.4 is 5.32 Å². The maximum Gasteiger partial charge on any atom is 0.294 e. The summed E-state index contributed by atoms with van der Waals surface area (Å²) in [5.41, 5.74) is -0.217. The highest BCUT2D eigenvalue weighted by Gasteiger charge is 2.20. The normalized spacial score (nSPS) is 12.3. The number of halogens is 1. The molecule has 0 spiro atoms. The Labute approximate surface area is 141 Å². The van der Waals surface area contributed by atoms with E-state index in [1.54, 1.807) is 0 Å². The third kappa shape index (κ3) is 3.76. The van der Waals surface area contributed by atoms with Crippen molar-refractivity contribution in [3.8, 4) is 5.75 Å². The van der Waals surface area contributed by atoms with Gasteiger partial charge in [0.05, 0.1) is 15.5 Å². The molecule has 0 atom stereocenters. The number of hydrogen-bond acceptors (Lipinski definition) is 6. The van der Waals surface area contributed by atoms with E-state index in [1.807, 2.05) is 0 Å². The average Bonchev–Trinajstić information content (AvgIpc) is 2.44. The number of alkyl halides is 1. The molecule has 0 unspecified atom stereocenters. The summed E-state index contributed by atoms with van der Waals surface area (Å²) >= 11 is 5.35. The SMILES string of the molecule is O=C(CCl)Nc1cc(S(=O)(=O)O)cc2cc(S(=O)(=O)O)cc(O)c12. The molecule has 12 heteroatoms. The van der Waals surface area contributed by atoms with Crippen LogP contribution in [0.25, 0.3) is 10.8 Å². The maximum absolute atomic E-state index is 11.5. The van der Waals surface area contributed by atoms with Crippen molar-refractivity contribution in [1.82, 2.24) is 0 Å². The van der Waals surface area contributed by atoms with Gasteiger partial charge in [-0.1, -0.05) is 0 Å². The van der Waals surface area contributed by atoms with Crippen molar-refractivity contribution >= 4 is 54.2 Å². The highest BCUT2D eigenvalue weighted by molar-refractivity contribution is 7.86. The van der Waals surface area contributed by atoms with E-state index >= 15 is 0 Å². The zero-order valence-corrected chi connectivity index (χ0v) is 14.0. The summed E-state index contributed by atoms with van der Waals surface area (Å²) < 4.78 is 63.3. The van der Waals surface area contributed by atoms with E-state index in [0.717, 1.165) is 24.3 Å². The minimum atomic E-state index is -4.70. The van der Waals surface area contributed by atoms with Crippen LogP contribution in [0.1, 0.15) is 0 Å². The number of benzene rings is 2. The first kappa shape index (κ1) is 18.4. The lowest BCUT2D eigenvalue weighted by molar-refractivity contribution is -0.113. The number of anilines is 1. The Morgan fingerprint density at radius 3 is 1.96 bits per heavy atom. The lowest BCUT2D eigenvalue weighted by Gasteiger charge is -2.12. The smallest absolute Gasteiger partial charge is 0.294 e. The standard InChI is InChI=1S/C12H10ClNO8S2/c13-5-11(16)14-9-3-7(23(17,18)19)1-6-2-8(24(20,21)22)4-10(15)12(6)9/h1-4,15H,5H2,(H,14,16)(H,17,18,19)(H,20,21,22). The second-order valence-corrected chi connectivity index (χ2v) is 7.75. The Hall–Kier alpha value is -1.92. The third-order valence-electron chi connectivity index (χ3n) is 2.97. The summed E-state index contributed by atoms with van der Waals surface area (Å²) in [6.45, 7) is 0. The molecule has 4 N–H and O–H groups in total. The molecule has 0 radical (unpaired) electrons. The summed E-state index contributed by atoms with van der Waals surface area (Å²) in [6.07, 6.45) is 0. The second kappa shape index (κ2) is 6.18. The van der Waals surface area contributed by atoms with Gasteiger partial charge in [0.25, 0.3) is 20.2 Å². The summed E-state index contributed by atoms with van der Waals surface area (Å²) in [5.74, 6) is -1.85. The first-order valence-electron chi connectivity index (χ1n) is 6.05. The van der Waals surface area contributed by atoms with E-state index < -0.39 is 47.6 Å². The van der Waals surface area contributed by atoms with Gasteiger partial charge in [-0.05, 0) is 23.6 Å². The molecule has 0 saturated heterocycles. The van der Waals surface area contributed by atoms with Gasteiger partial charge in [0.1, 0.15) is 11.6 Å². The number of hydrogen-bond donors (Lipinski definition) is 4. The van der Waals surface area contributed by atoms with E-state index in [-0.39, 0.29) is 16.5 Å². The van der Waals surface area contributed by atoms with Crippen LogP contribution in [-0.4, -0.2) is 42.8 Å². The molecule has 1 amide bonds. The molecule has 0 fully saturated rings.